The molecule has 0 radical (unpaired) electrons. The number of hydrogen-bond acceptors (Lipinski definition) is 4. The first-order valence-corrected chi connectivity index (χ1v) is 8.13. The van der Waals surface area contributed by atoms with Crippen molar-refractivity contribution in [1.82, 2.24) is 0 Å². The molecule has 2 aromatic carbocycles. The molecule has 0 aliphatic rings. The Morgan fingerprint density at radius 3 is 2.14 bits per heavy atom. The molecule has 0 heterocycles. The van der Waals surface area contributed by atoms with Crippen molar-refractivity contribution in [3.8, 4) is 6.07 Å². The Kier molecular flexibility index (Phi) is 4.64. The van der Waals surface area contributed by atoms with Crippen LogP contribution in [0.4, 0.5) is 5.69 Å². The van der Waals surface area contributed by atoms with Gasteiger partial charge >= 0.3 is 0 Å². The summed E-state index contributed by atoms with van der Waals surface area (Å²) in [5, 5.41) is 9.22. The van der Waals surface area contributed by atoms with Gasteiger partial charge < -0.3 is 4.90 Å². The molecule has 0 spiro atoms. The van der Waals surface area contributed by atoms with E-state index in [1.165, 1.54) is 18.2 Å². The van der Waals surface area contributed by atoms with Gasteiger partial charge in [-0.1, -0.05) is 30.3 Å². The van der Waals surface area contributed by atoms with Gasteiger partial charge in [-0.05, 0) is 35.9 Å². The van der Waals surface area contributed by atoms with E-state index in [-0.39, 0.29) is 9.80 Å². The number of nitrogens with zero attached hydrogens (tertiary/aromatic N) is 2. The second-order valence-corrected chi connectivity index (χ2v) is 6.84. The summed E-state index contributed by atoms with van der Waals surface area (Å²) in [5.74, 6) is 0. The van der Waals surface area contributed by atoms with Crippen molar-refractivity contribution in [2.45, 2.75) is 4.90 Å². The van der Waals surface area contributed by atoms with Crippen LogP contribution >= 0.6 is 0 Å². The van der Waals surface area contributed by atoms with Gasteiger partial charge in [0.25, 0.3) is 0 Å². The first kappa shape index (κ1) is 15.8. The van der Waals surface area contributed by atoms with E-state index in [1.807, 2.05) is 31.1 Å². The molecule has 0 bridgehead atoms. The lowest BCUT2D eigenvalue weighted by atomic mass is 10.2. The van der Waals surface area contributed by atoms with Crippen LogP contribution in [0, 0.1) is 11.3 Å². The summed E-state index contributed by atoms with van der Waals surface area (Å²) in [6.45, 7) is 0. The predicted molar refractivity (Wildman–Crippen MR) is 88.0 cm³/mol. The summed E-state index contributed by atoms with van der Waals surface area (Å²) in [4.78, 5) is 1.79. The fourth-order valence-corrected chi connectivity index (χ4v) is 3.10. The summed E-state index contributed by atoms with van der Waals surface area (Å²) in [6.07, 6.45) is 1.39. The minimum absolute atomic E-state index is 0.118. The molecule has 4 nitrogen and oxygen atoms in total. The SMILES string of the molecule is CN(C)c1ccc(/C=C(/C#N)S(=O)(=O)c2ccccc2)cc1. The highest BCUT2D eigenvalue weighted by Gasteiger charge is 2.20. The highest BCUT2D eigenvalue weighted by molar-refractivity contribution is 7.95. The van der Waals surface area contributed by atoms with Crippen molar-refractivity contribution in [2.24, 2.45) is 0 Å². The maximum Gasteiger partial charge on any atom is 0.216 e. The fourth-order valence-electron chi connectivity index (χ4n) is 1.92. The number of rotatable bonds is 4. The van der Waals surface area contributed by atoms with E-state index in [4.69, 9.17) is 0 Å². The van der Waals surface area contributed by atoms with Crippen molar-refractivity contribution in [1.29, 1.82) is 5.26 Å². The van der Waals surface area contributed by atoms with Crippen LogP contribution in [0.1, 0.15) is 5.56 Å². The van der Waals surface area contributed by atoms with Gasteiger partial charge in [-0.15, -0.1) is 0 Å². The molecule has 22 heavy (non-hydrogen) atoms. The largest absolute Gasteiger partial charge is 0.378 e. The van der Waals surface area contributed by atoms with E-state index >= 15 is 0 Å². The van der Waals surface area contributed by atoms with E-state index in [2.05, 4.69) is 0 Å². The molecule has 0 aliphatic heterocycles. The lowest BCUT2D eigenvalue weighted by Gasteiger charge is -2.12. The van der Waals surface area contributed by atoms with Crippen LogP contribution in [-0.2, 0) is 9.84 Å². The Bertz CT molecular complexity index is 815. The van der Waals surface area contributed by atoms with Crippen LogP contribution in [0.25, 0.3) is 6.08 Å². The summed E-state index contributed by atoms with van der Waals surface area (Å²) in [6, 6.07) is 17.1. The van der Waals surface area contributed by atoms with E-state index < -0.39 is 9.84 Å². The first-order chi connectivity index (χ1) is 10.4. The van der Waals surface area contributed by atoms with Crippen molar-refractivity contribution >= 4 is 21.6 Å². The van der Waals surface area contributed by atoms with Crippen LogP contribution in [0.15, 0.2) is 64.4 Å². The maximum absolute atomic E-state index is 12.4. The third-order valence-corrected chi connectivity index (χ3v) is 4.84. The minimum atomic E-state index is -3.79. The Labute approximate surface area is 130 Å². The zero-order chi connectivity index (χ0) is 16.2. The van der Waals surface area contributed by atoms with Crippen molar-refractivity contribution < 1.29 is 8.42 Å². The lowest BCUT2D eigenvalue weighted by molar-refractivity contribution is 0.603. The molecule has 5 heteroatoms. The standard InChI is InChI=1S/C17H16N2O2S/c1-19(2)15-10-8-14(9-11-15)12-17(13-18)22(20,21)16-6-4-3-5-7-16/h3-12H,1-2H3/b17-12-. The maximum atomic E-state index is 12.4. The van der Waals surface area contributed by atoms with Gasteiger partial charge in [0.2, 0.25) is 9.84 Å². The molecule has 0 aromatic heterocycles. The van der Waals surface area contributed by atoms with Crippen LogP contribution in [0.3, 0.4) is 0 Å². The zero-order valence-electron chi connectivity index (χ0n) is 12.4. The molecular formula is C17H16N2O2S. The lowest BCUT2D eigenvalue weighted by Crippen LogP contribution is -2.08. The summed E-state index contributed by atoms with van der Waals surface area (Å²) in [5.41, 5.74) is 1.67. The predicted octanol–water partition coefficient (Wildman–Crippen LogP) is 3.09. The summed E-state index contributed by atoms with van der Waals surface area (Å²) < 4.78 is 24.9. The van der Waals surface area contributed by atoms with Gasteiger partial charge in [0, 0.05) is 19.8 Å². The molecule has 0 atom stereocenters. The Balaban J connectivity index is 2.42. The summed E-state index contributed by atoms with van der Waals surface area (Å²) in [7, 11) is 0.0579. The van der Waals surface area contributed by atoms with E-state index in [0.29, 0.717) is 5.56 Å². The second kappa shape index (κ2) is 6.46. The smallest absolute Gasteiger partial charge is 0.216 e. The third kappa shape index (κ3) is 3.35. The number of sulfone groups is 1. The molecule has 0 fully saturated rings. The number of allylic oxidation sites excluding steroid dienone is 1. The zero-order valence-corrected chi connectivity index (χ0v) is 13.2. The molecule has 2 rings (SSSR count). The van der Waals surface area contributed by atoms with Gasteiger partial charge in [-0.2, -0.15) is 5.26 Å². The molecule has 2 aromatic rings. The highest BCUT2D eigenvalue weighted by atomic mass is 32.2. The number of anilines is 1. The number of hydrogen-bond donors (Lipinski definition) is 0. The summed E-state index contributed by atoms with van der Waals surface area (Å²) >= 11 is 0. The second-order valence-electron chi connectivity index (χ2n) is 4.92. The monoisotopic (exact) mass is 312 g/mol. The van der Waals surface area contributed by atoms with Crippen LogP contribution in [0.5, 0.6) is 0 Å². The molecule has 0 aliphatic carbocycles. The van der Waals surface area contributed by atoms with E-state index in [1.54, 1.807) is 36.4 Å². The van der Waals surface area contributed by atoms with E-state index in [9.17, 15) is 13.7 Å². The van der Waals surface area contributed by atoms with Crippen molar-refractivity contribution in [3.05, 3.63) is 65.1 Å². The molecule has 0 saturated heterocycles. The van der Waals surface area contributed by atoms with Crippen LogP contribution < -0.4 is 4.90 Å². The fraction of sp³-hybridized carbons (Fsp3) is 0.118. The first-order valence-electron chi connectivity index (χ1n) is 6.64. The molecule has 0 N–H and O–H groups in total. The molecule has 112 valence electrons. The minimum Gasteiger partial charge on any atom is -0.378 e. The van der Waals surface area contributed by atoms with E-state index in [0.717, 1.165) is 5.69 Å². The van der Waals surface area contributed by atoms with Gasteiger partial charge in [-0.25, -0.2) is 8.42 Å². The van der Waals surface area contributed by atoms with Crippen LogP contribution in [-0.4, -0.2) is 22.5 Å². The average molecular weight is 312 g/mol. The molecule has 0 amide bonds. The molecular weight excluding hydrogens is 296 g/mol. The molecule has 0 saturated carbocycles. The van der Waals surface area contributed by atoms with Gasteiger partial charge in [0.05, 0.1) is 4.90 Å². The quantitative estimate of drug-likeness (QED) is 0.814. The topological polar surface area (TPSA) is 61.2 Å². The third-order valence-electron chi connectivity index (χ3n) is 3.16. The van der Waals surface area contributed by atoms with Gasteiger partial charge in [0.1, 0.15) is 11.0 Å². The highest BCUT2D eigenvalue weighted by Crippen LogP contribution is 2.22. The number of benzene rings is 2. The Hall–Kier alpha value is -2.58. The average Bonchev–Trinajstić information content (AvgIpc) is 2.53. The van der Waals surface area contributed by atoms with Crippen molar-refractivity contribution in [3.63, 3.8) is 0 Å². The van der Waals surface area contributed by atoms with Gasteiger partial charge in [-0.3, -0.25) is 0 Å². The normalized spacial score (nSPS) is 11.8. The Morgan fingerprint density at radius 2 is 1.64 bits per heavy atom. The number of nitriles is 1. The van der Waals surface area contributed by atoms with Crippen LogP contribution in [0.2, 0.25) is 0 Å². The molecule has 0 unspecified atom stereocenters. The Morgan fingerprint density at radius 1 is 1.05 bits per heavy atom. The van der Waals surface area contributed by atoms with Gasteiger partial charge in [0.15, 0.2) is 0 Å². The van der Waals surface area contributed by atoms with Crippen molar-refractivity contribution in [2.75, 3.05) is 19.0 Å².